The number of nitrogens with one attached hydrogen (secondary N) is 1. The van der Waals surface area contributed by atoms with Crippen LogP contribution in [0.5, 0.6) is 0 Å². The molecule has 1 N–H and O–H groups in total. The van der Waals surface area contributed by atoms with E-state index in [1.807, 2.05) is 0 Å². The minimum absolute atomic E-state index is 1.07. The Kier molecular flexibility index (Phi) is 6.50. The molecule has 0 aromatic carbocycles. The largest absolute Gasteiger partial charge is 0.317 e. The first-order chi connectivity index (χ1) is 8.88. The number of hydrogen-bond acceptors (Lipinski definition) is 2. The Hall–Kier alpha value is -0.0800. The van der Waals surface area contributed by atoms with Gasteiger partial charge >= 0.3 is 0 Å². The standard InChI is InChI=1S/C16H32N2/c1-2-17-11-5-3-4-6-12-18(13-15-7-8-15)14-16-9-10-16/h15-17H,2-14H2,1H3. The highest BCUT2D eigenvalue weighted by molar-refractivity contribution is 4.82. The first-order valence-electron chi connectivity index (χ1n) is 8.31. The van der Waals surface area contributed by atoms with Gasteiger partial charge in [0, 0.05) is 13.1 Å². The van der Waals surface area contributed by atoms with Crippen molar-refractivity contribution >= 4 is 0 Å². The Morgan fingerprint density at radius 2 is 1.50 bits per heavy atom. The predicted molar refractivity (Wildman–Crippen MR) is 78.9 cm³/mol. The van der Waals surface area contributed by atoms with Crippen LogP contribution in [0.1, 0.15) is 58.3 Å². The molecule has 2 aliphatic rings. The third kappa shape index (κ3) is 6.75. The van der Waals surface area contributed by atoms with Crippen molar-refractivity contribution in [2.45, 2.75) is 58.3 Å². The van der Waals surface area contributed by atoms with Gasteiger partial charge in [-0.2, -0.15) is 0 Å². The van der Waals surface area contributed by atoms with Gasteiger partial charge < -0.3 is 10.2 Å². The van der Waals surface area contributed by atoms with Crippen LogP contribution in [-0.2, 0) is 0 Å². The normalized spacial score (nSPS) is 19.7. The smallest absolute Gasteiger partial charge is 0.000978 e. The topological polar surface area (TPSA) is 15.3 Å². The summed E-state index contributed by atoms with van der Waals surface area (Å²) in [6, 6.07) is 0. The molecular formula is C16H32N2. The molecule has 0 radical (unpaired) electrons. The third-order valence-corrected chi connectivity index (χ3v) is 4.25. The summed E-state index contributed by atoms with van der Waals surface area (Å²) in [5, 5.41) is 3.41. The van der Waals surface area contributed by atoms with Gasteiger partial charge in [0.2, 0.25) is 0 Å². The molecule has 106 valence electrons. The van der Waals surface area contributed by atoms with Gasteiger partial charge in [0.15, 0.2) is 0 Å². The first-order valence-corrected chi connectivity index (χ1v) is 8.31. The summed E-state index contributed by atoms with van der Waals surface area (Å²) in [7, 11) is 0. The fourth-order valence-electron chi connectivity index (χ4n) is 2.70. The SMILES string of the molecule is CCNCCCCCCN(CC1CC1)CC1CC1. The second-order valence-electron chi connectivity index (χ2n) is 6.41. The Morgan fingerprint density at radius 3 is 2.06 bits per heavy atom. The lowest BCUT2D eigenvalue weighted by Crippen LogP contribution is -2.29. The van der Waals surface area contributed by atoms with Crippen LogP contribution in [0, 0.1) is 11.8 Å². The molecule has 2 heteroatoms. The number of hydrogen-bond donors (Lipinski definition) is 1. The molecular weight excluding hydrogens is 220 g/mol. The van der Waals surface area contributed by atoms with Gasteiger partial charge in [-0.05, 0) is 70.0 Å². The summed E-state index contributed by atoms with van der Waals surface area (Å²) in [5.41, 5.74) is 0. The van der Waals surface area contributed by atoms with E-state index in [1.54, 1.807) is 0 Å². The average Bonchev–Trinajstić information content (AvgIpc) is 3.23. The second-order valence-corrected chi connectivity index (χ2v) is 6.41. The Labute approximate surface area is 114 Å². The second kappa shape index (κ2) is 8.16. The molecule has 0 atom stereocenters. The molecule has 0 amide bonds. The summed E-state index contributed by atoms with van der Waals surface area (Å²) in [6.45, 7) is 8.71. The molecule has 0 spiro atoms. The van der Waals surface area contributed by atoms with Crippen LogP contribution in [0.15, 0.2) is 0 Å². The molecule has 0 bridgehead atoms. The molecule has 18 heavy (non-hydrogen) atoms. The van der Waals surface area contributed by atoms with Gasteiger partial charge in [-0.3, -0.25) is 0 Å². The van der Waals surface area contributed by atoms with E-state index >= 15 is 0 Å². The zero-order valence-electron chi connectivity index (χ0n) is 12.3. The van der Waals surface area contributed by atoms with Crippen LogP contribution in [0.25, 0.3) is 0 Å². The van der Waals surface area contributed by atoms with E-state index in [9.17, 15) is 0 Å². The third-order valence-electron chi connectivity index (χ3n) is 4.25. The van der Waals surface area contributed by atoms with E-state index in [1.165, 1.54) is 77.5 Å². The monoisotopic (exact) mass is 252 g/mol. The van der Waals surface area contributed by atoms with Gasteiger partial charge in [-0.25, -0.2) is 0 Å². The fourth-order valence-corrected chi connectivity index (χ4v) is 2.70. The molecule has 2 saturated carbocycles. The van der Waals surface area contributed by atoms with E-state index < -0.39 is 0 Å². The van der Waals surface area contributed by atoms with Crippen molar-refractivity contribution in [3.63, 3.8) is 0 Å². The zero-order valence-corrected chi connectivity index (χ0v) is 12.3. The number of nitrogens with zero attached hydrogens (tertiary/aromatic N) is 1. The van der Waals surface area contributed by atoms with Gasteiger partial charge in [0.25, 0.3) is 0 Å². The van der Waals surface area contributed by atoms with E-state index in [0.717, 1.165) is 18.4 Å². The van der Waals surface area contributed by atoms with Crippen LogP contribution in [0.2, 0.25) is 0 Å². The summed E-state index contributed by atoms with van der Waals surface area (Å²) < 4.78 is 0. The van der Waals surface area contributed by atoms with Crippen molar-refractivity contribution in [1.82, 2.24) is 10.2 Å². The molecule has 2 nitrogen and oxygen atoms in total. The molecule has 0 aliphatic heterocycles. The Bertz CT molecular complexity index is 195. The van der Waals surface area contributed by atoms with E-state index in [-0.39, 0.29) is 0 Å². The molecule has 2 aliphatic carbocycles. The Morgan fingerprint density at radius 1 is 0.889 bits per heavy atom. The first kappa shape index (κ1) is 14.3. The maximum absolute atomic E-state index is 3.41. The van der Waals surface area contributed by atoms with E-state index in [0.29, 0.717) is 0 Å². The van der Waals surface area contributed by atoms with Crippen molar-refractivity contribution in [2.75, 3.05) is 32.7 Å². The van der Waals surface area contributed by atoms with Crippen LogP contribution >= 0.6 is 0 Å². The van der Waals surface area contributed by atoms with Crippen LogP contribution in [-0.4, -0.2) is 37.6 Å². The molecule has 0 aromatic heterocycles. The van der Waals surface area contributed by atoms with Crippen molar-refractivity contribution in [3.8, 4) is 0 Å². The van der Waals surface area contributed by atoms with Gasteiger partial charge in [-0.1, -0.05) is 19.8 Å². The van der Waals surface area contributed by atoms with Crippen molar-refractivity contribution in [3.05, 3.63) is 0 Å². The van der Waals surface area contributed by atoms with E-state index in [2.05, 4.69) is 17.1 Å². The number of unbranched alkanes of at least 4 members (excludes halogenated alkanes) is 3. The van der Waals surface area contributed by atoms with Crippen molar-refractivity contribution in [2.24, 2.45) is 11.8 Å². The molecule has 0 saturated heterocycles. The highest BCUT2D eigenvalue weighted by atomic mass is 15.1. The molecule has 0 unspecified atom stereocenters. The summed E-state index contributed by atoms with van der Waals surface area (Å²) in [4.78, 5) is 2.78. The van der Waals surface area contributed by atoms with Crippen molar-refractivity contribution in [1.29, 1.82) is 0 Å². The number of rotatable bonds is 12. The fraction of sp³-hybridized carbons (Fsp3) is 1.00. The van der Waals surface area contributed by atoms with Crippen molar-refractivity contribution < 1.29 is 0 Å². The zero-order chi connectivity index (χ0) is 12.6. The van der Waals surface area contributed by atoms with Gasteiger partial charge in [0.05, 0.1) is 0 Å². The van der Waals surface area contributed by atoms with Crippen LogP contribution in [0.3, 0.4) is 0 Å². The lowest BCUT2D eigenvalue weighted by atomic mass is 10.1. The summed E-state index contributed by atoms with van der Waals surface area (Å²) in [6.07, 6.45) is 11.6. The molecule has 0 heterocycles. The summed E-state index contributed by atoms with van der Waals surface area (Å²) in [5.74, 6) is 2.13. The molecule has 2 fully saturated rings. The quantitative estimate of drug-likeness (QED) is 0.536. The summed E-state index contributed by atoms with van der Waals surface area (Å²) >= 11 is 0. The maximum Gasteiger partial charge on any atom is 0.000978 e. The van der Waals surface area contributed by atoms with Gasteiger partial charge in [-0.15, -0.1) is 0 Å². The van der Waals surface area contributed by atoms with Crippen LogP contribution < -0.4 is 5.32 Å². The lowest BCUT2D eigenvalue weighted by Gasteiger charge is -2.22. The lowest BCUT2D eigenvalue weighted by molar-refractivity contribution is 0.246. The predicted octanol–water partition coefficient (Wildman–Crippen LogP) is 3.28. The van der Waals surface area contributed by atoms with E-state index in [4.69, 9.17) is 0 Å². The molecule has 0 aromatic rings. The van der Waals surface area contributed by atoms with Crippen LogP contribution in [0.4, 0.5) is 0 Å². The minimum atomic E-state index is 1.07. The Balaban J connectivity index is 1.45. The molecule has 2 rings (SSSR count). The average molecular weight is 252 g/mol. The maximum atomic E-state index is 3.41. The minimum Gasteiger partial charge on any atom is -0.317 e. The highest BCUT2D eigenvalue weighted by Gasteiger charge is 2.28. The van der Waals surface area contributed by atoms with Gasteiger partial charge in [0.1, 0.15) is 0 Å². The highest BCUT2D eigenvalue weighted by Crippen LogP contribution is 2.33.